The zero-order valence-electron chi connectivity index (χ0n) is 10.8. The molecule has 2 rings (SSSR count). The molecule has 0 aliphatic heterocycles. The largest absolute Gasteiger partial charge is 0.396 e. The Morgan fingerprint density at radius 3 is 2.45 bits per heavy atom. The second-order valence-corrected chi connectivity index (χ2v) is 6.11. The molecule has 0 saturated carbocycles. The second-order valence-electron chi connectivity index (χ2n) is 4.78. The molecule has 0 saturated heterocycles. The van der Waals surface area contributed by atoms with Crippen molar-refractivity contribution >= 4 is 27.5 Å². The van der Waals surface area contributed by atoms with Gasteiger partial charge in [-0.05, 0) is 48.1 Å². The Labute approximate surface area is 131 Å². The van der Waals surface area contributed by atoms with Gasteiger partial charge in [-0.1, -0.05) is 51.8 Å². The van der Waals surface area contributed by atoms with Gasteiger partial charge in [0.1, 0.15) is 5.82 Å². The molecule has 1 unspecified atom stereocenters. The minimum Gasteiger partial charge on any atom is -0.396 e. The van der Waals surface area contributed by atoms with E-state index in [-0.39, 0.29) is 18.3 Å². The maximum atomic E-state index is 13.8. The first kappa shape index (κ1) is 15.5. The molecule has 2 aromatic rings. The number of benzene rings is 2. The van der Waals surface area contributed by atoms with Crippen LogP contribution < -0.4 is 0 Å². The van der Waals surface area contributed by atoms with Gasteiger partial charge in [0.05, 0.1) is 0 Å². The van der Waals surface area contributed by atoms with Crippen LogP contribution in [0.5, 0.6) is 0 Å². The van der Waals surface area contributed by atoms with Crippen molar-refractivity contribution in [2.75, 3.05) is 6.61 Å². The zero-order valence-corrected chi connectivity index (χ0v) is 13.2. The van der Waals surface area contributed by atoms with Gasteiger partial charge in [0.15, 0.2) is 0 Å². The molecule has 0 heterocycles. The molecule has 0 aromatic heterocycles. The lowest BCUT2D eigenvalue weighted by Gasteiger charge is -2.15. The van der Waals surface area contributed by atoms with Crippen LogP contribution in [-0.2, 0) is 12.8 Å². The minimum atomic E-state index is -0.253. The van der Waals surface area contributed by atoms with Crippen LogP contribution in [0, 0.1) is 11.7 Å². The van der Waals surface area contributed by atoms with E-state index in [1.165, 1.54) is 6.07 Å². The fraction of sp³-hybridized carbons (Fsp3) is 0.250. The Hall–Kier alpha value is -0.900. The van der Waals surface area contributed by atoms with E-state index >= 15 is 0 Å². The summed E-state index contributed by atoms with van der Waals surface area (Å²) in [6.45, 7) is 0.000721. The number of hydrogen-bond acceptors (Lipinski definition) is 1. The Morgan fingerprint density at radius 1 is 1.10 bits per heavy atom. The van der Waals surface area contributed by atoms with Gasteiger partial charge in [0.2, 0.25) is 0 Å². The second kappa shape index (κ2) is 7.21. The van der Waals surface area contributed by atoms with Crippen LogP contribution in [0.2, 0.25) is 5.02 Å². The summed E-state index contributed by atoms with van der Waals surface area (Å²) in [6, 6.07) is 12.5. The van der Waals surface area contributed by atoms with Crippen molar-refractivity contribution in [3.05, 3.63) is 68.9 Å². The minimum absolute atomic E-state index is 0.000721. The Kier molecular flexibility index (Phi) is 5.58. The van der Waals surface area contributed by atoms with Gasteiger partial charge >= 0.3 is 0 Å². The Bertz CT molecular complexity index is 588. The molecule has 0 amide bonds. The molecular formula is C16H15BrClFO. The number of aliphatic hydroxyl groups is 1. The summed E-state index contributed by atoms with van der Waals surface area (Å²) < 4.78 is 14.5. The third-order valence-electron chi connectivity index (χ3n) is 3.25. The van der Waals surface area contributed by atoms with Crippen molar-refractivity contribution in [2.45, 2.75) is 12.8 Å². The van der Waals surface area contributed by atoms with Crippen LogP contribution in [0.15, 0.2) is 46.9 Å². The average molecular weight is 358 g/mol. The quantitative estimate of drug-likeness (QED) is 0.827. The standard InChI is InChI=1S/C16H15BrClFO/c17-14-6-5-13(16(19)9-14)8-11(10-20)7-12-3-1-2-4-15(12)18/h1-6,9,11,20H,7-8,10H2. The third-order valence-corrected chi connectivity index (χ3v) is 4.11. The first-order chi connectivity index (χ1) is 9.60. The van der Waals surface area contributed by atoms with Crippen LogP contribution in [-0.4, -0.2) is 11.7 Å². The van der Waals surface area contributed by atoms with Crippen LogP contribution >= 0.6 is 27.5 Å². The van der Waals surface area contributed by atoms with Gasteiger partial charge in [0.25, 0.3) is 0 Å². The maximum Gasteiger partial charge on any atom is 0.127 e. The highest BCUT2D eigenvalue weighted by Crippen LogP contribution is 2.23. The molecule has 1 atom stereocenters. The molecular weight excluding hydrogens is 343 g/mol. The van der Waals surface area contributed by atoms with E-state index < -0.39 is 0 Å². The van der Waals surface area contributed by atoms with E-state index in [4.69, 9.17) is 11.6 Å². The molecule has 0 radical (unpaired) electrons. The van der Waals surface area contributed by atoms with Gasteiger partial charge < -0.3 is 5.11 Å². The predicted molar refractivity (Wildman–Crippen MR) is 83.5 cm³/mol. The average Bonchev–Trinajstić information content (AvgIpc) is 2.43. The summed E-state index contributed by atoms with van der Waals surface area (Å²) in [7, 11) is 0. The fourth-order valence-electron chi connectivity index (χ4n) is 2.17. The Balaban J connectivity index is 2.11. The summed E-state index contributed by atoms with van der Waals surface area (Å²) in [4.78, 5) is 0. The number of rotatable bonds is 5. The summed E-state index contributed by atoms with van der Waals surface area (Å²) in [5, 5.41) is 10.2. The topological polar surface area (TPSA) is 20.2 Å². The highest BCUT2D eigenvalue weighted by atomic mass is 79.9. The molecule has 0 aliphatic rings. The summed E-state index contributed by atoms with van der Waals surface area (Å²) in [5.74, 6) is -0.303. The highest BCUT2D eigenvalue weighted by molar-refractivity contribution is 9.10. The van der Waals surface area contributed by atoms with Gasteiger partial charge in [-0.25, -0.2) is 4.39 Å². The van der Waals surface area contributed by atoms with E-state index in [0.29, 0.717) is 27.9 Å². The van der Waals surface area contributed by atoms with Gasteiger partial charge in [-0.3, -0.25) is 0 Å². The molecule has 0 spiro atoms. The fourth-order valence-corrected chi connectivity index (χ4v) is 2.72. The lowest BCUT2D eigenvalue weighted by Crippen LogP contribution is -2.14. The molecule has 0 aliphatic carbocycles. The lowest BCUT2D eigenvalue weighted by atomic mass is 9.93. The van der Waals surface area contributed by atoms with Crippen LogP contribution in [0.3, 0.4) is 0 Å². The molecule has 1 N–H and O–H groups in total. The van der Waals surface area contributed by atoms with Gasteiger partial charge in [0, 0.05) is 16.1 Å². The highest BCUT2D eigenvalue weighted by Gasteiger charge is 2.14. The molecule has 1 nitrogen and oxygen atoms in total. The van der Waals surface area contributed by atoms with Crippen molar-refractivity contribution in [1.82, 2.24) is 0 Å². The van der Waals surface area contributed by atoms with Crippen molar-refractivity contribution in [3.63, 3.8) is 0 Å². The van der Waals surface area contributed by atoms with Crippen LogP contribution in [0.1, 0.15) is 11.1 Å². The zero-order chi connectivity index (χ0) is 14.5. The van der Waals surface area contributed by atoms with E-state index in [2.05, 4.69) is 15.9 Å². The normalized spacial score (nSPS) is 12.4. The van der Waals surface area contributed by atoms with Gasteiger partial charge in [-0.2, -0.15) is 0 Å². The lowest BCUT2D eigenvalue weighted by molar-refractivity contribution is 0.224. The van der Waals surface area contributed by atoms with Crippen LogP contribution in [0.25, 0.3) is 0 Å². The molecule has 20 heavy (non-hydrogen) atoms. The Morgan fingerprint density at radius 2 is 1.80 bits per heavy atom. The maximum absolute atomic E-state index is 13.8. The van der Waals surface area contributed by atoms with Crippen molar-refractivity contribution in [2.24, 2.45) is 5.92 Å². The number of halogens is 3. The summed E-state index contributed by atoms with van der Waals surface area (Å²) in [5.41, 5.74) is 1.59. The van der Waals surface area contributed by atoms with Gasteiger partial charge in [-0.15, -0.1) is 0 Å². The van der Waals surface area contributed by atoms with E-state index in [9.17, 15) is 9.50 Å². The summed E-state index contributed by atoms with van der Waals surface area (Å²) in [6.07, 6.45) is 1.12. The molecule has 4 heteroatoms. The molecule has 2 aromatic carbocycles. The SMILES string of the molecule is OCC(Cc1ccc(Br)cc1F)Cc1ccccc1Cl. The molecule has 0 bridgehead atoms. The number of aliphatic hydroxyl groups excluding tert-OH is 1. The van der Waals surface area contributed by atoms with E-state index in [1.807, 2.05) is 30.3 Å². The van der Waals surface area contributed by atoms with Crippen molar-refractivity contribution in [1.29, 1.82) is 0 Å². The van der Waals surface area contributed by atoms with E-state index in [0.717, 1.165) is 5.56 Å². The van der Waals surface area contributed by atoms with Crippen LogP contribution in [0.4, 0.5) is 4.39 Å². The third kappa shape index (κ3) is 4.05. The first-order valence-electron chi connectivity index (χ1n) is 6.38. The molecule has 0 fully saturated rings. The van der Waals surface area contributed by atoms with Crippen molar-refractivity contribution in [3.8, 4) is 0 Å². The smallest absolute Gasteiger partial charge is 0.127 e. The summed E-state index contributed by atoms with van der Waals surface area (Å²) >= 11 is 9.35. The monoisotopic (exact) mass is 356 g/mol. The van der Waals surface area contributed by atoms with E-state index in [1.54, 1.807) is 6.07 Å². The first-order valence-corrected chi connectivity index (χ1v) is 7.55. The van der Waals surface area contributed by atoms with Crippen molar-refractivity contribution < 1.29 is 9.50 Å². The predicted octanol–water partition coefficient (Wildman–Crippen LogP) is 4.64. The number of hydrogen-bond donors (Lipinski definition) is 1. The molecule has 106 valence electrons.